The van der Waals surface area contributed by atoms with Crippen molar-refractivity contribution in [3.05, 3.63) is 24.7 Å². The van der Waals surface area contributed by atoms with Crippen LogP contribution in [-0.4, -0.2) is 159 Å². The number of hydrogen-bond donors (Lipinski definition) is 0. The number of rotatable bonds is 26. The molecule has 0 aliphatic heterocycles. The molecule has 0 aliphatic carbocycles. The predicted molar refractivity (Wildman–Crippen MR) is 179 cm³/mol. The summed E-state index contributed by atoms with van der Waals surface area (Å²) in [5.41, 5.74) is 0. The third kappa shape index (κ3) is 44.4. The van der Waals surface area contributed by atoms with E-state index in [2.05, 4.69) is 46.4 Å². The van der Waals surface area contributed by atoms with Gasteiger partial charge in [-0.3, -0.25) is 9.59 Å². The minimum absolute atomic E-state index is 0.00532. The molecule has 0 amide bonds. The van der Waals surface area contributed by atoms with E-state index in [9.17, 15) is 54.0 Å². The maximum absolute atomic E-state index is 11.3. The van der Waals surface area contributed by atoms with E-state index in [1.807, 2.05) is 0 Å². The molecule has 0 atom stereocenters. The Morgan fingerprint density at radius 3 is 0.981 bits per heavy atom. The molecule has 0 saturated heterocycles. The van der Waals surface area contributed by atoms with Crippen LogP contribution in [0.4, 0.5) is 0 Å². The van der Waals surface area contributed by atoms with Crippen molar-refractivity contribution in [2.75, 3.05) is 98.0 Å². The van der Waals surface area contributed by atoms with Gasteiger partial charge in [-0.1, -0.05) is 0 Å². The lowest BCUT2D eigenvalue weighted by atomic mass is 10.5. The van der Waals surface area contributed by atoms with Gasteiger partial charge in [0.15, 0.2) is 5.76 Å². The first-order valence-corrected chi connectivity index (χ1v) is 20.7. The van der Waals surface area contributed by atoms with Crippen LogP contribution in [0.2, 0.25) is 0 Å². The van der Waals surface area contributed by atoms with Crippen LogP contribution in [0, 0.1) is 0 Å². The summed E-state index contributed by atoms with van der Waals surface area (Å²) >= 11 is 0. The molecule has 0 unspecified atom stereocenters. The largest absolute Gasteiger partial charge is 0.484 e. The molecule has 0 N–H and O–H groups in total. The highest BCUT2D eigenvalue weighted by Crippen LogP contribution is 2.02. The molecule has 0 aromatic carbocycles. The van der Waals surface area contributed by atoms with Gasteiger partial charge in [0.2, 0.25) is 26.4 Å². The van der Waals surface area contributed by atoms with E-state index < -0.39 is 76.2 Å². The molecule has 0 fully saturated rings. The lowest BCUT2D eigenvalue weighted by Crippen LogP contribution is -2.19. The Morgan fingerprint density at radius 1 is 0.434 bits per heavy atom. The Kier molecular flexibility index (Phi) is 30.1. The van der Waals surface area contributed by atoms with Crippen LogP contribution >= 0.6 is 10.7 Å². The summed E-state index contributed by atoms with van der Waals surface area (Å²) in [7, 11) is -6.49. The van der Waals surface area contributed by atoms with Crippen LogP contribution in [-0.2, 0) is 104 Å². The highest BCUT2D eigenvalue weighted by atomic mass is 35.7. The second-order valence-corrected chi connectivity index (χ2v) is 15.4. The molecule has 0 aromatic heterocycles. The Hall–Kier alpha value is -3.72. The molecule has 0 saturated carbocycles. The van der Waals surface area contributed by atoms with E-state index in [1.54, 1.807) is 0 Å². The molecular weight excluding hydrogens is 808 g/mol. The van der Waals surface area contributed by atoms with Gasteiger partial charge in [0.1, 0.15) is 26.4 Å². The zero-order chi connectivity index (χ0) is 41.7. The van der Waals surface area contributed by atoms with E-state index in [0.29, 0.717) is 6.26 Å². The highest BCUT2D eigenvalue weighted by Gasteiger charge is 2.17. The van der Waals surface area contributed by atoms with Gasteiger partial charge in [-0.25, -0.2) is 27.6 Å². The minimum atomic E-state index is -3.95. The third-order valence-electron chi connectivity index (χ3n) is 4.14. The molecule has 0 spiro atoms. The summed E-state index contributed by atoms with van der Waals surface area (Å²) in [4.78, 5) is 65.0. The van der Waals surface area contributed by atoms with E-state index in [1.165, 1.54) is 0 Å². The first-order chi connectivity index (χ1) is 24.3. The molecule has 26 heteroatoms. The second-order valence-electron chi connectivity index (χ2n) is 9.21. The SMILES string of the molecule is C=C(OS(C)(=O)=O)C(=O)OCCOCCOCCOC(=C)C(=O)OS(C)(=O)=O.CC(=O)C(=O)OCCOCCOCCOC(=O)C(C)=O.CS(=O)(=O)Cl. The number of halogens is 1. The fourth-order valence-electron chi connectivity index (χ4n) is 2.19. The zero-order valence-corrected chi connectivity index (χ0v) is 32.7. The summed E-state index contributed by atoms with van der Waals surface area (Å²) in [6.45, 7) is 9.57. The summed E-state index contributed by atoms with van der Waals surface area (Å²) in [6.07, 6.45) is 2.40. The molecule has 0 radical (unpaired) electrons. The average molecular weight is 851 g/mol. The lowest BCUT2D eigenvalue weighted by Gasteiger charge is -2.09. The maximum Gasteiger partial charge on any atom is 0.388 e. The van der Waals surface area contributed by atoms with Crippen molar-refractivity contribution in [1.82, 2.24) is 0 Å². The van der Waals surface area contributed by atoms with Crippen LogP contribution in [0.3, 0.4) is 0 Å². The van der Waals surface area contributed by atoms with Crippen molar-refractivity contribution in [1.29, 1.82) is 0 Å². The number of esters is 3. The van der Waals surface area contributed by atoms with E-state index in [0.717, 1.165) is 26.4 Å². The highest BCUT2D eigenvalue weighted by molar-refractivity contribution is 8.13. The third-order valence-corrected chi connectivity index (χ3v) is 5.10. The Morgan fingerprint density at radius 2 is 0.698 bits per heavy atom. The molecule has 0 heterocycles. The molecule has 0 aliphatic rings. The summed E-state index contributed by atoms with van der Waals surface area (Å²) in [5, 5.41) is 0. The summed E-state index contributed by atoms with van der Waals surface area (Å²) in [6, 6.07) is 0. The standard InChI is InChI=1S/C14H22O12S2.C12H18O8.CH3ClO2S/c1-11(14(16)26-28(4,19)20)23-9-7-21-5-6-22-8-10-24-13(15)12(2)25-27(3,17)18;1-9(13)11(15)19-7-5-17-3-4-18-6-8-20-12(16)10(2)14;1-5(2,3)4/h1-2,5-10H2,3-4H3;3-8H2,1-2H3;1H3. The van der Waals surface area contributed by atoms with Gasteiger partial charge >= 0.3 is 44.1 Å². The van der Waals surface area contributed by atoms with Crippen LogP contribution in [0.15, 0.2) is 24.7 Å². The Balaban J connectivity index is -0.000000870. The fraction of sp³-hybridized carbons (Fsp3) is 0.630. The second kappa shape index (κ2) is 29.7. The molecule has 22 nitrogen and oxygen atoms in total. The van der Waals surface area contributed by atoms with Crippen molar-refractivity contribution in [2.45, 2.75) is 13.8 Å². The van der Waals surface area contributed by atoms with Crippen molar-refractivity contribution in [3.8, 4) is 0 Å². The van der Waals surface area contributed by atoms with E-state index in [-0.39, 0.29) is 79.3 Å². The van der Waals surface area contributed by atoms with Crippen LogP contribution in [0.5, 0.6) is 0 Å². The molecule has 308 valence electrons. The summed E-state index contributed by atoms with van der Waals surface area (Å²) in [5.74, 6) is -6.49. The van der Waals surface area contributed by atoms with Crippen LogP contribution in [0.1, 0.15) is 13.8 Å². The van der Waals surface area contributed by atoms with Gasteiger partial charge < -0.3 is 46.3 Å². The number of carbonyl (C=O) groups is 6. The Bertz CT molecular complexity index is 1430. The number of ketones is 2. The fourth-order valence-corrected chi connectivity index (χ4v) is 2.99. The number of ether oxygens (including phenoxy) is 8. The van der Waals surface area contributed by atoms with Gasteiger partial charge in [0.25, 0.3) is 0 Å². The average Bonchev–Trinajstić information content (AvgIpc) is 3.00. The van der Waals surface area contributed by atoms with Gasteiger partial charge in [0.05, 0.1) is 71.6 Å². The molecule has 53 heavy (non-hydrogen) atoms. The van der Waals surface area contributed by atoms with Crippen LogP contribution < -0.4 is 0 Å². The maximum atomic E-state index is 11.3. The first-order valence-electron chi connectivity index (χ1n) is 14.3. The summed E-state index contributed by atoms with van der Waals surface area (Å²) < 4.78 is 109. The number of hydrogen-bond acceptors (Lipinski definition) is 22. The van der Waals surface area contributed by atoms with Crippen molar-refractivity contribution < 1.29 is 100 Å². The molecule has 0 bridgehead atoms. The minimum Gasteiger partial charge on any atom is -0.484 e. The number of Topliss-reactive ketones (excluding diaryl/α,β-unsaturated/α-hetero) is 2. The zero-order valence-electron chi connectivity index (χ0n) is 29.5. The molecule has 0 aromatic rings. The van der Waals surface area contributed by atoms with Gasteiger partial charge in [-0.05, 0) is 13.2 Å². The smallest absolute Gasteiger partial charge is 0.388 e. The lowest BCUT2D eigenvalue weighted by molar-refractivity contribution is -0.154. The number of carbonyl (C=O) groups excluding carboxylic acids is 6. The predicted octanol–water partition coefficient (Wildman–Crippen LogP) is -1.45. The Labute approximate surface area is 311 Å². The van der Waals surface area contributed by atoms with Crippen molar-refractivity contribution in [3.63, 3.8) is 0 Å². The quantitative estimate of drug-likeness (QED) is 0.0141. The van der Waals surface area contributed by atoms with Crippen molar-refractivity contribution >= 4 is 75.4 Å². The first kappa shape index (κ1) is 53.6. The van der Waals surface area contributed by atoms with Crippen molar-refractivity contribution in [2.24, 2.45) is 0 Å². The molecular formula is C27H43ClO22S3. The van der Waals surface area contributed by atoms with Gasteiger partial charge in [0, 0.05) is 24.5 Å². The van der Waals surface area contributed by atoms with E-state index >= 15 is 0 Å². The van der Waals surface area contributed by atoms with Crippen LogP contribution in [0.25, 0.3) is 0 Å². The monoisotopic (exact) mass is 850 g/mol. The topological polar surface area (TPSA) is 297 Å². The molecule has 0 rings (SSSR count). The normalized spacial score (nSPS) is 10.8. The van der Waals surface area contributed by atoms with Gasteiger partial charge in [-0.15, -0.1) is 0 Å². The van der Waals surface area contributed by atoms with Gasteiger partial charge in [-0.2, -0.15) is 16.8 Å². The van der Waals surface area contributed by atoms with E-state index in [4.69, 9.17) is 23.7 Å².